The first kappa shape index (κ1) is 15.2. The Balaban J connectivity index is 2.56. The van der Waals surface area contributed by atoms with Crippen molar-refractivity contribution >= 4 is 5.91 Å². The van der Waals surface area contributed by atoms with Crippen molar-refractivity contribution in [2.24, 2.45) is 5.41 Å². The van der Waals surface area contributed by atoms with Crippen molar-refractivity contribution in [2.75, 3.05) is 13.2 Å². The maximum atomic E-state index is 11.7. The van der Waals surface area contributed by atoms with E-state index in [-0.39, 0.29) is 24.0 Å². The first-order chi connectivity index (χ1) is 8.28. The van der Waals surface area contributed by atoms with E-state index in [0.29, 0.717) is 18.6 Å². The van der Waals surface area contributed by atoms with Crippen molar-refractivity contribution < 1.29 is 14.6 Å². The molecule has 1 amide bonds. The van der Waals surface area contributed by atoms with Crippen LogP contribution in [-0.2, 0) is 9.53 Å². The van der Waals surface area contributed by atoms with Crippen LogP contribution >= 0.6 is 0 Å². The molecule has 2 atom stereocenters. The third kappa shape index (κ3) is 2.59. The van der Waals surface area contributed by atoms with Gasteiger partial charge < -0.3 is 15.2 Å². The number of amides is 1. The number of allylic oxidation sites excluding steroid dienone is 1. The number of carbonyl (C=O) groups is 1. The van der Waals surface area contributed by atoms with Gasteiger partial charge in [0.15, 0.2) is 0 Å². The van der Waals surface area contributed by atoms with E-state index in [4.69, 9.17) is 4.74 Å². The number of ether oxygens (including phenoxy) is 1. The Morgan fingerprint density at radius 2 is 2.17 bits per heavy atom. The van der Waals surface area contributed by atoms with Crippen LogP contribution in [0.3, 0.4) is 0 Å². The van der Waals surface area contributed by atoms with Gasteiger partial charge in [0.1, 0.15) is 0 Å². The zero-order valence-corrected chi connectivity index (χ0v) is 12.0. The highest BCUT2D eigenvalue weighted by molar-refractivity contribution is 5.92. The quantitative estimate of drug-likeness (QED) is 0.734. The van der Waals surface area contributed by atoms with E-state index in [0.717, 1.165) is 0 Å². The molecule has 1 aliphatic carbocycles. The van der Waals surface area contributed by atoms with Crippen molar-refractivity contribution in [2.45, 2.75) is 52.7 Å². The fraction of sp³-hybridized carbons (Fsp3) is 0.786. The Bertz CT molecular complexity index is 349. The van der Waals surface area contributed by atoms with E-state index in [1.165, 1.54) is 0 Å². The molecule has 0 bridgehead atoms. The van der Waals surface area contributed by atoms with E-state index in [1.54, 1.807) is 13.0 Å². The van der Waals surface area contributed by atoms with Crippen LogP contribution in [0.25, 0.3) is 0 Å². The van der Waals surface area contributed by atoms with Gasteiger partial charge in [0, 0.05) is 30.6 Å². The zero-order valence-electron chi connectivity index (χ0n) is 12.0. The molecular weight excluding hydrogens is 230 g/mol. The monoisotopic (exact) mass is 255 g/mol. The number of hydrogen-bond acceptors (Lipinski definition) is 3. The first-order valence-electron chi connectivity index (χ1n) is 6.53. The summed E-state index contributed by atoms with van der Waals surface area (Å²) < 4.78 is 5.58. The Labute approximate surface area is 109 Å². The van der Waals surface area contributed by atoms with E-state index >= 15 is 0 Å². The fourth-order valence-electron chi connectivity index (χ4n) is 2.26. The fourth-order valence-corrected chi connectivity index (χ4v) is 2.26. The maximum Gasteiger partial charge on any atom is 0.246 e. The average molecular weight is 255 g/mol. The standard InChI is InChI=1S/C14H25NO3/c1-6-10(3)12(16)15-9-14(17)8-11(18-7-2)13(14,4)5/h6,11,17H,7-9H2,1-5H3,(H,15,16). The van der Waals surface area contributed by atoms with Gasteiger partial charge in [0.2, 0.25) is 5.91 Å². The van der Waals surface area contributed by atoms with Crippen LogP contribution in [0.1, 0.15) is 41.0 Å². The van der Waals surface area contributed by atoms with Gasteiger partial charge in [-0.05, 0) is 20.8 Å². The van der Waals surface area contributed by atoms with Crippen LogP contribution in [0.5, 0.6) is 0 Å². The maximum absolute atomic E-state index is 11.7. The molecule has 2 unspecified atom stereocenters. The van der Waals surface area contributed by atoms with Gasteiger partial charge >= 0.3 is 0 Å². The molecule has 0 spiro atoms. The molecule has 0 saturated heterocycles. The van der Waals surface area contributed by atoms with Gasteiger partial charge in [-0.15, -0.1) is 0 Å². The predicted octanol–water partition coefficient (Wildman–Crippen LogP) is 1.63. The minimum absolute atomic E-state index is 0.0622. The average Bonchev–Trinajstić information content (AvgIpc) is 2.34. The SMILES string of the molecule is CC=C(C)C(=O)NCC1(O)CC(OCC)C1(C)C. The van der Waals surface area contributed by atoms with Crippen LogP contribution in [0.4, 0.5) is 0 Å². The Morgan fingerprint density at radius 3 is 2.61 bits per heavy atom. The molecule has 0 aromatic carbocycles. The summed E-state index contributed by atoms with van der Waals surface area (Å²) in [5.41, 5.74) is -0.548. The summed E-state index contributed by atoms with van der Waals surface area (Å²) in [5.74, 6) is -0.124. The number of nitrogens with one attached hydrogen (secondary N) is 1. The molecule has 1 saturated carbocycles. The first-order valence-corrected chi connectivity index (χ1v) is 6.53. The summed E-state index contributed by atoms with van der Waals surface area (Å²) in [6, 6.07) is 0. The lowest BCUT2D eigenvalue weighted by Crippen LogP contribution is -2.68. The molecule has 0 radical (unpaired) electrons. The number of aliphatic hydroxyl groups is 1. The molecule has 0 aromatic heterocycles. The number of hydrogen-bond donors (Lipinski definition) is 2. The van der Waals surface area contributed by atoms with E-state index in [1.807, 2.05) is 27.7 Å². The molecule has 4 heteroatoms. The lowest BCUT2D eigenvalue weighted by molar-refractivity contribution is -0.238. The second-order valence-corrected chi connectivity index (χ2v) is 5.56. The second-order valence-electron chi connectivity index (χ2n) is 5.56. The van der Waals surface area contributed by atoms with Crippen LogP contribution in [0, 0.1) is 5.41 Å². The minimum Gasteiger partial charge on any atom is -0.387 e. The smallest absolute Gasteiger partial charge is 0.246 e. The number of carbonyl (C=O) groups excluding carboxylic acids is 1. The van der Waals surface area contributed by atoms with Gasteiger partial charge in [-0.1, -0.05) is 19.9 Å². The third-order valence-electron chi connectivity index (χ3n) is 4.23. The highest BCUT2D eigenvalue weighted by Crippen LogP contribution is 2.50. The molecule has 1 fully saturated rings. The van der Waals surface area contributed by atoms with Crippen LogP contribution in [0.2, 0.25) is 0 Å². The molecule has 0 aliphatic heterocycles. The topological polar surface area (TPSA) is 58.6 Å². The van der Waals surface area contributed by atoms with Gasteiger partial charge in [0.25, 0.3) is 0 Å². The molecule has 1 aliphatic rings. The van der Waals surface area contributed by atoms with Crippen molar-refractivity contribution in [1.29, 1.82) is 0 Å². The molecule has 1 rings (SSSR count). The molecule has 104 valence electrons. The van der Waals surface area contributed by atoms with E-state index < -0.39 is 5.60 Å². The summed E-state index contributed by atoms with van der Waals surface area (Å²) >= 11 is 0. The minimum atomic E-state index is -0.878. The molecule has 2 N–H and O–H groups in total. The van der Waals surface area contributed by atoms with E-state index in [2.05, 4.69) is 5.32 Å². The summed E-state index contributed by atoms with van der Waals surface area (Å²) in [6.07, 6.45) is 2.39. The van der Waals surface area contributed by atoms with Crippen LogP contribution < -0.4 is 5.32 Å². The Hall–Kier alpha value is -0.870. The third-order valence-corrected chi connectivity index (χ3v) is 4.23. The lowest BCUT2D eigenvalue weighted by Gasteiger charge is -2.57. The normalized spacial score (nSPS) is 30.8. The van der Waals surface area contributed by atoms with Crippen molar-refractivity contribution in [3.05, 3.63) is 11.6 Å². The summed E-state index contributed by atoms with van der Waals surface area (Å²) in [4.78, 5) is 11.7. The Kier molecular flexibility index (Phi) is 4.56. The van der Waals surface area contributed by atoms with Crippen molar-refractivity contribution in [1.82, 2.24) is 5.32 Å². The van der Waals surface area contributed by atoms with Crippen molar-refractivity contribution in [3.63, 3.8) is 0 Å². The molecule has 0 aromatic rings. The van der Waals surface area contributed by atoms with Gasteiger partial charge in [-0.3, -0.25) is 4.79 Å². The lowest BCUT2D eigenvalue weighted by atomic mass is 9.56. The zero-order chi connectivity index (χ0) is 14.0. The summed E-state index contributed by atoms with van der Waals surface area (Å²) in [6.45, 7) is 10.4. The van der Waals surface area contributed by atoms with Crippen LogP contribution in [-0.4, -0.2) is 35.9 Å². The predicted molar refractivity (Wildman–Crippen MR) is 71.2 cm³/mol. The molecule has 0 heterocycles. The van der Waals surface area contributed by atoms with Crippen LogP contribution in [0.15, 0.2) is 11.6 Å². The highest BCUT2D eigenvalue weighted by atomic mass is 16.5. The van der Waals surface area contributed by atoms with Gasteiger partial charge in [-0.2, -0.15) is 0 Å². The molecule has 18 heavy (non-hydrogen) atoms. The largest absolute Gasteiger partial charge is 0.387 e. The highest BCUT2D eigenvalue weighted by Gasteiger charge is 2.59. The van der Waals surface area contributed by atoms with Gasteiger partial charge in [0.05, 0.1) is 11.7 Å². The second kappa shape index (κ2) is 5.41. The van der Waals surface area contributed by atoms with Crippen molar-refractivity contribution in [3.8, 4) is 0 Å². The molecule has 4 nitrogen and oxygen atoms in total. The van der Waals surface area contributed by atoms with E-state index in [9.17, 15) is 9.90 Å². The Morgan fingerprint density at radius 1 is 1.56 bits per heavy atom. The number of rotatable bonds is 5. The summed E-state index contributed by atoms with van der Waals surface area (Å²) in [5, 5.41) is 13.3. The summed E-state index contributed by atoms with van der Waals surface area (Å²) in [7, 11) is 0. The van der Waals surface area contributed by atoms with Gasteiger partial charge in [-0.25, -0.2) is 0 Å². The molecular formula is C14H25NO3.